The minimum atomic E-state index is -3.54. The maximum atomic E-state index is 12.4. The van der Waals surface area contributed by atoms with Crippen LogP contribution in [0.4, 0.5) is 0 Å². The zero-order chi connectivity index (χ0) is 12.8. The molecule has 0 rings (SSSR count). The van der Waals surface area contributed by atoms with Gasteiger partial charge in [0.05, 0.1) is 12.2 Å². The van der Waals surface area contributed by atoms with Gasteiger partial charge in [0, 0.05) is 6.42 Å². The van der Waals surface area contributed by atoms with Gasteiger partial charge in [0.1, 0.15) is 0 Å². The van der Waals surface area contributed by atoms with Crippen molar-refractivity contribution in [3.8, 4) is 0 Å². The first kappa shape index (κ1) is 15.6. The van der Waals surface area contributed by atoms with Crippen LogP contribution in [-0.4, -0.2) is 29.4 Å². The van der Waals surface area contributed by atoms with Crippen LogP contribution < -0.4 is 5.73 Å². The Bertz CT molecular complexity index is 265. The molecule has 0 fully saturated rings. The van der Waals surface area contributed by atoms with E-state index in [1.54, 1.807) is 27.7 Å². The standard InChI is InChI=1S/C9H21N2O4P/c1-7(2)14-16(13,15-8(3)4)9(11-12)5-6-10/h7-8,12H,5-6,10H2,1-4H3/b11-9+. The summed E-state index contributed by atoms with van der Waals surface area (Å²) in [5, 5.41) is 11.8. The number of hydrogen-bond donors (Lipinski definition) is 2. The topological polar surface area (TPSA) is 94.1 Å². The molecule has 3 N–H and O–H groups in total. The summed E-state index contributed by atoms with van der Waals surface area (Å²) in [6.07, 6.45) is -0.411. The van der Waals surface area contributed by atoms with Crippen LogP contribution in [0.15, 0.2) is 5.16 Å². The molecule has 0 aliphatic heterocycles. The van der Waals surface area contributed by atoms with Gasteiger partial charge in [-0.05, 0) is 34.2 Å². The molecule has 0 atom stereocenters. The van der Waals surface area contributed by atoms with E-state index < -0.39 is 7.60 Å². The minimum absolute atomic E-state index is 0.0302. The van der Waals surface area contributed by atoms with Gasteiger partial charge in [-0.3, -0.25) is 4.57 Å². The quantitative estimate of drug-likeness (QED) is 0.313. The molecule has 0 aromatic heterocycles. The Kier molecular flexibility index (Phi) is 6.83. The molecule has 0 amide bonds. The van der Waals surface area contributed by atoms with E-state index >= 15 is 0 Å². The average Bonchev–Trinajstić information content (AvgIpc) is 2.10. The molecule has 0 bridgehead atoms. The van der Waals surface area contributed by atoms with Crippen LogP contribution >= 0.6 is 7.60 Å². The summed E-state index contributed by atoms with van der Waals surface area (Å²) in [6.45, 7) is 7.13. The van der Waals surface area contributed by atoms with Crippen LogP contribution in [0, 0.1) is 0 Å². The van der Waals surface area contributed by atoms with Gasteiger partial charge in [0.2, 0.25) is 0 Å². The molecular weight excluding hydrogens is 231 g/mol. The first-order valence-electron chi connectivity index (χ1n) is 5.24. The van der Waals surface area contributed by atoms with Gasteiger partial charge in [-0.2, -0.15) is 0 Å². The number of hydrogen-bond acceptors (Lipinski definition) is 6. The van der Waals surface area contributed by atoms with Crippen molar-refractivity contribution in [2.45, 2.75) is 46.3 Å². The molecule has 96 valence electrons. The molecule has 0 aromatic carbocycles. The van der Waals surface area contributed by atoms with Crippen LogP contribution in [0.25, 0.3) is 0 Å². The number of nitrogens with two attached hydrogens (primary N) is 1. The summed E-state index contributed by atoms with van der Waals surface area (Å²) in [6, 6.07) is 0. The Balaban J connectivity index is 4.96. The summed E-state index contributed by atoms with van der Waals surface area (Å²) in [5.74, 6) is 0. The first-order chi connectivity index (χ1) is 7.35. The molecule has 0 unspecified atom stereocenters. The third-order valence-corrected chi connectivity index (χ3v) is 3.84. The summed E-state index contributed by atoms with van der Waals surface area (Å²) in [7, 11) is -3.54. The SMILES string of the molecule is CC(C)OP(=O)(OC(C)C)/C(CCN)=N/O. The van der Waals surface area contributed by atoms with E-state index in [0.717, 1.165) is 0 Å². The fourth-order valence-electron chi connectivity index (χ4n) is 1.07. The van der Waals surface area contributed by atoms with E-state index in [9.17, 15) is 4.57 Å². The smallest absolute Gasteiger partial charge is 0.379 e. The minimum Gasteiger partial charge on any atom is -0.410 e. The maximum absolute atomic E-state index is 12.4. The molecule has 0 aromatic rings. The normalized spacial score (nSPS) is 13.8. The van der Waals surface area contributed by atoms with Crippen molar-refractivity contribution in [3.63, 3.8) is 0 Å². The third kappa shape index (κ3) is 5.07. The second-order valence-corrected chi connectivity index (χ2v) is 5.79. The summed E-state index contributed by atoms with van der Waals surface area (Å²) in [5.41, 5.74) is 5.31. The zero-order valence-corrected chi connectivity index (χ0v) is 11.1. The highest BCUT2D eigenvalue weighted by atomic mass is 31.2. The van der Waals surface area contributed by atoms with Gasteiger partial charge in [-0.1, -0.05) is 5.16 Å². The lowest BCUT2D eigenvalue weighted by Gasteiger charge is -2.22. The molecule has 0 radical (unpaired) electrons. The third-order valence-electron chi connectivity index (χ3n) is 1.50. The van der Waals surface area contributed by atoms with Crippen molar-refractivity contribution in [2.75, 3.05) is 6.54 Å². The van der Waals surface area contributed by atoms with Gasteiger partial charge >= 0.3 is 7.60 Å². The lowest BCUT2D eigenvalue weighted by atomic mass is 10.5. The number of nitrogens with zero attached hydrogens (tertiary/aromatic N) is 1. The van der Waals surface area contributed by atoms with Crippen molar-refractivity contribution in [3.05, 3.63) is 0 Å². The predicted molar refractivity (Wildman–Crippen MR) is 62.9 cm³/mol. The van der Waals surface area contributed by atoms with Crippen LogP contribution in [0.3, 0.4) is 0 Å². The molecule has 0 heterocycles. The lowest BCUT2D eigenvalue weighted by molar-refractivity contribution is 0.151. The van der Waals surface area contributed by atoms with Gasteiger partial charge < -0.3 is 20.0 Å². The second kappa shape index (κ2) is 7.01. The first-order valence-corrected chi connectivity index (χ1v) is 6.78. The van der Waals surface area contributed by atoms with E-state index in [1.165, 1.54) is 0 Å². The molecule has 0 saturated heterocycles. The van der Waals surface area contributed by atoms with Crippen molar-refractivity contribution < 1.29 is 18.8 Å². The zero-order valence-electron chi connectivity index (χ0n) is 10.2. The van der Waals surface area contributed by atoms with Crippen LogP contribution in [0.1, 0.15) is 34.1 Å². The Morgan fingerprint density at radius 1 is 1.31 bits per heavy atom. The fourth-order valence-corrected chi connectivity index (χ4v) is 2.99. The molecule has 0 spiro atoms. The second-order valence-electron chi connectivity index (χ2n) is 3.86. The highest BCUT2D eigenvalue weighted by molar-refractivity contribution is 7.72. The average molecular weight is 252 g/mol. The van der Waals surface area contributed by atoms with E-state index in [1.807, 2.05) is 0 Å². The lowest BCUT2D eigenvalue weighted by Crippen LogP contribution is -2.17. The molecule has 0 saturated carbocycles. The summed E-state index contributed by atoms with van der Waals surface area (Å²) >= 11 is 0. The molecular formula is C9H21N2O4P. The van der Waals surface area contributed by atoms with Crippen molar-refractivity contribution >= 4 is 13.0 Å². The Morgan fingerprint density at radius 3 is 2.00 bits per heavy atom. The Labute approximate surface area is 96.3 Å². The van der Waals surface area contributed by atoms with E-state index in [0.29, 0.717) is 0 Å². The molecule has 16 heavy (non-hydrogen) atoms. The molecule has 7 heteroatoms. The maximum Gasteiger partial charge on any atom is 0.379 e. The number of rotatable bonds is 7. The largest absolute Gasteiger partial charge is 0.410 e. The van der Waals surface area contributed by atoms with Crippen LogP contribution in [0.5, 0.6) is 0 Å². The van der Waals surface area contributed by atoms with E-state index in [-0.39, 0.29) is 30.6 Å². The van der Waals surface area contributed by atoms with Gasteiger partial charge in [-0.15, -0.1) is 0 Å². The van der Waals surface area contributed by atoms with Crippen molar-refractivity contribution in [1.82, 2.24) is 0 Å². The summed E-state index contributed by atoms with van der Waals surface area (Å²) in [4.78, 5) is 0. The Hall–Kier alpha value is -0.420. The van der Waals surface area contributed by atoms with Crippen molar-refractivity contribution in [2.24, 2.45) is 10.9 Å². The van der Waals surface area contributed by atoms with E-state index in [2.05, 4.69) is 5.16 Å². The van der Waals surface area contributed by atoms with Crippen molar-refractivity contribution in [1.29, 1.82) is 0 Å². The van der Waals surface area contributed by atoms with Crippen LogP contribution in [-0.2, 0) is 13.6 Å². The fraction of sp³-hybridized carbons (Fsp3) is 0.889. The van der Waals surface area contributed by atoms with Gasteiger partial charge in [0.25, 0.3) is 0 Å². The molecule has 0 aliphatic carbocycles. The Morgan fingerprint density at radius 2 is 1.75 bits per heavy atom. The summed E-state index contributed by atoms with van der Waals surface area (Å²) < 4.78 is 22.8. The molecule has 6 nitrogen and oxygen atoms in total. The highest BCUT2D eigenvalue weighted by Gasteiger charge is 2.34. The van der Waals surface area contributed by atoms with Gasteiger partial charge in [-0.25, -0.2) is 0 Å². The predicted octanol–water partition coefficient (Wildman–Crippen LogP) is 2.17. The van der Waals surface area contributed by atoms with Crippen LogP contribution in [0.2, 0.25) is 0 Å². The monoisotopic (exact) mass is 252 g/mol. The van der Waals surface area contributed by atoms with Gasteiger partial charge in [0.15, 0.2) is 5.45 Å². The highest BCUT2D eigenvalue weighted by Crippen LogP contribution is 2.52. The number of oxime groups is 1. The van der Waals surface area contributed by atoms with E-state index in [4.69, 9.17) is 20.0 Å². The molecule has 0 aliphatic rings.